The lowest BCUT2D eigenvalue weighted by Crippen LogP contribution is -2.44. The van der Waals surface area contributed by atoms with Gasteiger partial charge in [-0.05, 0) is 17.7 Å². The highest BCUT2D eigenvalue weighted by molar-refractivity contribution is 6.30. The summed E-state index contributed by atoms with van der Waals surface area (Å²) in [5.74, 6) is 0. The molecule has 2 nitrogen and oxygen atoms in total. The molecule has 1 aromatic rings. The molecule has 0 aromatic heterocycles. The van der Waals surface area contributed by atoms with Gasteiger partial charge in [0.25, 0.3) is 0 Å². The Morgan fingerprint density at radius 2 is 2.12 bits per heavy atom. The molecular weight excluding hydrogens is 227 g/mol. The van der Waals surface area contributed by atoms with Crippen molar-refractivity contribution < 1.29 is 4.39 Å². The third-order valence-electron chi connectivity index (χ3n) is 2.84. The summed E-state index contributed by atoms with van der Waals surface area (Å²) in [6.07, 6.45) is -0.947. The van der Waals surface area contributed by atoms with Crippen molar-refractivity contribution >= 4 is 11.6 Å². The maximum absolute atomic E-state index is 14.0. The smallest absolute Gasteiger partial charge is 0.138 e. The van der Waals surface area contributed by atoms with Crippen molar-refractivity contribution in [1.82, 2.24) is 10.2 Å². The minimum Gasteiger partial charge on any atom is -0.314 e. The highest BCUT2D eigenvalue weighted by atomic mass is 35.5. The van der Waals surface area contributed by atoms with Gasteiger partial charge in [-0.1, -0.05) is 23.7 Å². The van der Waals surface area contributed by atoms with Crippen LogP contribution < -0.4 is 5.32 Å². The Morgan fingerprint density at radius 3 is 2.81 bits per heavy atom. The van der Waals surface area contributed by atoms with Crippen LogP contribution in [0.5, 0.6) is 0 Å². The molecular formula is C12H16ClFN2. The van der Waals surface area contributed by atoms with Crippen molar-refractivity contribution in [3.05, 3.63) is 34.9 Å². The molecule has 1 saturated heterocycles. The predicted molar refractivity (Wildman–Crippen MR) is 64.6 cm³/mol. The lowest BCUT2D eigenvalue weighted by atomic mass is 10.1. The molecule has 0 amide bonds. The van der Waals surface area contributed by atoms with Gasteiger partial charge in [-0.3, -0.25) is 4.90 Å². The van der Waals surface area contributed by atoms with Gasteiger partial charge >= 0.3 is 0 Å². The maximum Gasteiger partial charge on any atom is 0.138 e. The Morgan fingerprint density at radius 1 is 1.38 bits per heavy atom. The average Bonchev–Trinajstić information content (AvgIpc) is 2.30. The molecule has 0 spiro atoms. The second-order valence-corrected chi connectivity index (χ2v) is 4.51. The van der Waals surface area contributed by atoms with E-state index in [0.717, 1.165) is 26.2 Å². The van der Waals surface area contributed by atoms with Crippen LogP contribution in [0.3, 0.4) is 0 Å². The summed E-state index contributed by atoms with van der Waals surface area (Å²) in [6, 6.07) is 7.05. The van der Waals surface area contributed by atoms with Gasteiger partial charge in [-0.25, -0.2) is 4.39 Å². The Balaban J connectivity index is 1.94. The number of halogens is 2. The summed E-state index contributed by atoms with van der Waals surface area (Å²) in [7, 11) is 0. The van der Waals surface area contributed by atoms with E-state index in [9.17, 15) is 4.39 Å². The number of hydrogen-bond acceptors (Lipinski definition) is 2. The van der Waals surface area contributed by atoms with Crippen molar-refractivity contribution in [2.45, 2.75) is 6.17 Å². The highest BCUT2D eigenvalue weighted by Crippen LogP contribution is 2.21. The molecule has 0 unspecified atom stereocenters. The largest absolute Gasteiger partial charge is 0.314 e. The molecule has 0 radical (unpaired) electrons. The number of rotatable bonds is 3. The molecule has 0 saturated carbocycles. The fourth-order valence-corrected chi connectivity index (χ4v) is 2.13. The van der Waals surface area contributed by atoms with E-state index < -0.39 is 6.17 Å². The summed E-state index contributed by atoms with van der Waals surface area (Å²) in [4.78, 5) is 2.14. The zero-order valence-electron chi connectivity index (χ0n) is 9.13. The summed E-state index contributed by atoms with van der Waals surface area (Å²) in [5, 5.41) is 3.85. The zero-order chi connectivity index (χ0) is 11.4. The molecule has 1 atom stereocenters. The fraction of sp³-hybridized carbons (Fsp3) is 0.500. The van der Waals surface area contributed by atoms with Crippen LogP contribution in [0.4, 0.5) is 4.39 Å². The standard InChI is InChI=1S/C12H16ClFN2/c13-11-3-1-2-10(8-11)12(14)9-16-6-4-15-5-7-16/h1-3,8,12,15H,4-7,9H2/t12-/m0/s1. The van der Waals surface area contributed by atoms with Gasteiger partial charge in [0.2, 0.25) is 0 Å². The number of piperazine rings is 1. The second kappa shape index (κ2) is 5.62. The van der Waals surface area contributed by atoms with E-state index in [-0.39, 0.29) is 0 Å². The summed E-state index contributed by atoms with van der Waals surface area (Å²) in [6.45, 7) is 4.19. The van der Waals surface area contributed by atoms with Crippen molar-refractivity contribution in [3.63, 3.8) is 0 Å². The SMILES string of the molecule is F[C@@H](CN1CCNCC1)c1cccc(Cl)c1. The molecule has 88 valence electrons. The summed E-state index contributed by atoms with van der Waals surface area (Å²) in [5.41, 5.74) is 0.672. The number of alkyl halides is 1. The van der Waals surface area contributed by atoms with Crippen molar-refractivity contribution in [3.8, 4) is 0 Å². The molecule has 16 heavy (non-hydrogen) atoms. The molecule has 1 aliphatic rings. The van der Waals surface area contributed by atoms with Gasteiger partial charge in [-0.15, -0.1) is 0 Å². The Bertz CT molecular complexity index is 340. The first-order valence-corrected chi connectivity index (χ1v) is 5.96. The zero-order valence-corrected chi connectivity index (χ0v) is 9.88. The number of hydrogen-bond donors (Lipinski definition) is 1. The lowest BCUT2D eigenvalue weighted by Gasteiger charge is -2.28. The van der Waals surface area contributed by atoms with Gasteiger partial charge in [0.05, 0.1) is 0 Å². The molecule has 1 fully saturated rings. The van der Waals surface area contributed by atoms with Gasteiger partial charge < -0.3 is 5.32 Å². The van der Waals surface area contributed by atoms with E-state index >= 15 is 0 Å². The lowest BCUT2D eigenvalue weighted by molar-refractivity contribution is 0.175. The monoisotopic (exact) mass is 242 g/mol. The van der Waals surface area contributed by atoms with Crippen LogP contribution in [-0.2, 0) is 0 Å². The minimum atomic E-state index is -0.947. The first kappa shape index (κ1) is 11.8. The maximum atomic E-state index is 14.0. The first-order chi connectivity index (χ1) is 7.75. The topological polar surface area (TPSA) is 15.3 Å². The highest BCUT2D eigenvalue weighted by Gasteiger charge is 2.17. The van der Waals surface area contributed by atoms with E-state index in [0.29, 0.717) is 17.1 Å². The molecule has 2 rings (SSSR count). The Hall–Kier alpha value is -0.640. The van der Waals surface area contributed by atoms with E-state index in [1.54, 1.807) is 24.3 Å². The molecule has 0 bridgehead atoms. The Kier molecular flexibility index (Phi) is 4.16. The predicted octanol–water partition coefficient (Wildman–Crippen LogP) is 2.26. The van der Waals surface area contributed by atoms with Crippen molar-refractivity contribution in [2.24, 2.45) is 0 Å². The third-order valence-corrected chi connectivity index (χ3v) is 3.07. The van der Waals surface area contributed by atoms with E-state index in [1.165, 1.54) is 0 Å². The van der Waals surface area contributed by atoms with Gasteiger partial charge in [0, 0.05) is 37.7 Å². The van der Waals surface area contributed by atoms with Crippen LogP contribution in [0, 0.1) is 0 Å². The number of nitrogens with zero attached hydrogens (tertiary/aromatic N) is 1. The van der Waals surface area contributed by atoms with Crippen LogP contribution in [0.1, 0.15) is 11.7 Å². The Labute approximate surface area is 100 Å². The number of nitrogens with one attached hydrogen (secondary N) is 1. The normalized spacial score (nSPS) is 19.6. The van der Waals surface area contributed by atoms with Crippen LogP contribution in [0.2, 0.25) is 5.02 Å². The molecule has 4 heteroatoms. The molecule has 1 aromatic carbocycles. The molecule has 0 aliphatic carbocycles. The molecule has 1 aliphatic heterocycles. The van der Waals surface area contributed by atoms with Crippen molar-refractivity contribution in [1.29, 1.82) is 0 Å². The van der Waals surface area contributed by atoms with Crippen LogP contribution >= 0.6 is 11.6 Å². The van der Waals surface area contributed by atoms with Crippen LogP contribution in [0.15, 0.2) is 24.3 Å². The van der Waals surface area contributed by atoms with Crippen LogP contribution in [-0.4, -0.2) is 37.6 Å². The van der Waals surface area contributed by atoms with Crippen molar-refractivity contribution in [2.75, 3.05) is 32.7 Å². The van der Waals surface area contributed by atoms with E-state index in [2.05, 4.69) is 10.2 Å². The fourth-order valence-electron chi connectivity index (χ4n) is 1.93. The third kappa shape index (κ3) is 3.17. The molecule has 1 N–H and O–H groups in total. The van der Waals surface area contributed by atoms with Gasteiger partial charge in [0.15, 0.2) is 0 Å². The minimum absolute atomic E-state index is 0.460. The van der Waals surface area contributed by atoms with E-state index in [4.69, 9.17) is 11.6 Å². The first-order valence-electron chi connectivity index (χ1n) is 5.58. The second-order valence-electron chi connectivity index (χ2n) is 4.07. The quantitative estimate of drug-likeness (QED) is 0.875. The molecule has 1 heterocycles. The number of benzene rings is 1. The van der Waals surface area contributed by atoms with E-state index in [1.807, 2.05) is 0 Å². The average molecular weight is 243 g/mol. The van der Waals surface area contributed by atoms with Crippen LogP contribution in [0.25, 0.3) is 0 Å². The summed E-state index contributed by atoms with van der Waals surface area (Å²) >= 11 is 5.84. The van der Waals surface area contributed by atoms with Gasteiger partial charge in [0.1, 0.15) is 6.17 Å². The van der Waals surface area contributed by atoms with Gasteiger partial charge in [-0.2, -0.15) is 0 Å². The summed E-state index contributed by atoms with van der Waals surface area (Å²) < 4.78 is 14.0.